The Labute approximate surface area is 157 Å². The smallest absolute Gasteiger partial charge is 0.147 e. The van der Waals surface area contributed by atoms with E-state index in [2.05, 4.69) is 26.3 Å². The van der Waals surface area contributed by atoms with Crippen molar-refractivity contribution in [3.05, 3.63) is 62.4 Å². The maximum absolute atomic E-state index is 14.2. The molecule has 0 radical (unpaired) electrons. The fourth-order valence-electron chi connectivity index (χ4n) is 2.55. The minimum atomic E-state index is -0.364. The molecular formula is C17H13BrCl2FN3. The maximum Gasteiger partial charge on any atom is 0.147 e. The van der Waals surface area contributed by atoms with Crippen LogP contribution in [-0.4, -0.2) is 9.78 Å². The molecule has 1 heterocycles. The molecule has 0 atom stereocenters. The van der Waals surface area contributed by atoms with Crippen LogP contribution in [0.4, 0.5) is 15.9 Å². The van der Waals surface area contributed by atoms with Crippen LogP contribution in [0.2, 0.25) is 10.0 Å². The standard InChI is InChI=1S/C17H13BrCl2FN3/c1-9-15(11-7-6-10(19)8-13(11)20)17(24(2)23-9)22-16-12(18)4-3-5-14(16)21/h3-8,22H,1-2H3. The van der Waals surface area contributed by atoms with Crippen LogP contribution in [0.15, 0.2) is 40.9 Å². The van der Waals surface area contributed by atoms with E-state index < -0.39 is 0 Å². The average molecular weight is 429 g/mol. The topological polar surface area (TPSA) is 29.9 Å². The zero-order chi connectivity index (χ0) is 17.4. The van der Waals surface area contributed by atoms with Crippen molar-refractivity contribution in [1.29, 1.82) is 0 Å². The lowest BCUT2D eigenvalue weighted by atomic mass is 10.1. The molecule has 0 amide bonds. The first-order valence-electron chi connectivity index (χ1n) is 7.08. The van der Waals surface area contributed by atoms with Crippen molar-refractivity contribution in [3.63, 3.8) is 0 Å². The van der Waals surface area contributed by atoms with E-state index in [1.165, 1.54) is 6.07 Å². The minimum absolute atomic E-state index is 0.340. The Balaban J connectivity index is 2.16. The lowest BCUT2D eigenvalue weighted by Crippen LogP contribution is -2.02. The van der Waals surface area contributed by atoms with Gasteiger partial charge in [0.1, 0.15) is 11.6 Å². The summed E-state index contributed by atoms with van der Waals surface area (Å²) in [6, 6.07) is 10.1. The molecule has 1 aromatic heterocycles. The highest BCUT2D eigenvalue weighted by Gasteiger charge is 2.19. The van der Waals surface area contributed by atoms with Gasteiger partial charge in [0.2, 0.25) is 0 Å². The van der Waals surface area contributed by atoms with Gasteiger partial charge in [0, 0.05) is 27.7 Å². The molecule has 0 spiro atoms. The third-order valence-corrected chi connectivity index (χ3v) is 4.84. The third kappa shape index (κ3) is 3.16. The van der Waals surface area contributed by atoms with Gasteiger partial charge in [-0.3, -0.25) is 4.68 Å². The van der Waals surface area contributed by atoms with Gasteiger partial charge in [-0.15, -0.1) is 0 Å². The van der Waals surface area contributed by atoms with Gasteiger partial charge in [0.25, 0.3) is 0 Å². The van der Waals surface area contributed by atoms with Crippen molar-refractivity contribution in [2.24, 2.45) is 7.05 Å². The van der Waals surface area contributed by atoms with E-state index in [1.807, 2.05) is 13.0 Å². The highest BCUT2D eigenvalue weighted by atomic mass is 79.9. The zero-order valence-electron chi connectivity index (χ0n) is 12.9. The first-order chi connectivity index (χ1) is 11.4. The number of nitrogens with one attached hydrogen (secondary N) is 1. The second-order valence-corrected chi connectivity index (χ2v) is 6.98. The van der Waals surface area contributed by atoms with Crippen LogP contribution in [0.25, 0.3) is 11.1 Å². The quantitative estimate of drug-likeness (QED) is 0.526. The summed E-state index contributed by atoms with van der Waals surface area (Å²) in [5.41, 5.74) is 2.69. The number of aromatic nitrogens is 2. The zero-order valence-corrected chi connectivity index (χ0v) is 16.0. The van der Waals surface area contributed by atoms with E-state index in [4.69, 9.17) is 23.2 Å². The predicted molar refractivity (Wildman–Crippen MR) is 101 cm³/mol. The Hall–Kier alpha value is -1.56. The maximum atomic E-state index is 14.2. The highest BCUT2D eigenvalue weighted by Crippen LogP contribution is 2.39. The summed E-state index contributed by atoms with van der Waals surface area (Å²) in [7, 11) is 1.79. The van der Waals surface area contributed by atoms with Crippen LogP contribution >= 0.6 is 39.1 Å². The van der Waals surface area contributed by atoms with E-state index in [-0.39, 0.29) is 5.82 Å². The second kappa shape index (κ2) is 6.75. The summed E-state index contributed by atoms with van der Waals surface area (Å²) in [6.45, 7) is 1.88. The average Bonchev–Trinajstić information content (AvgIpc) is 2.77. The number of benzene rings is 2. The van der Waals surface area contributed by atoms with E-state index in [0.29, 0.717) is 26.0 Å². The summed E-state index contributed by atoms with van der Waals surface area (Å²) >= 11 is 15.7. The van der Waals surface area contributed by atoms with Crippen LogP contribution in [0.3, 0.4) is 0 Å². The molecule has 0 bridgehead atoms. The van der Waals surface area contributed by atoms with E-state index in [1.54, 1.807) is 36.0 Å². The molecule has 0 aliphatic rings. The predicted octanol–water partition coefficient (Wildman–Crippen LogP) is 6.35. The second-order valence-electron chi connectivity index (χ2n) is 5.28. The molecule has 0 saturated carbocycles. The molecule has 0 fully saturated rings. The van der Waals surface area contributed by atoms with Crippen LogP contribution < -0.4 is 5.32 Å². The SMILES string of the molecule is Cc1nn(C)c(Nc2c(F)cccc2Br)c1-c1ccc(Cl)cc1Cl. The van der Waals surface area contributed by atoms with E-state index in [0.717, 1.165) is 16.8 Å². The molecule has 0 saturated heterocycles. The Morgan fingerprint density at radius 1 is 1.21 bits per heavy atom. The van der Waals surface area contributed by atoms with Gasteiger partial charge in [-0.2, -0.15) is 5.10 Å². The summed E-state index contributed by atoms with van der Waals surface area (Å²) in [6.07, 6.45) is 0. The van der Waals surface area contributed by atoms with Crippen LogP contribution in [0, 0.1) is 12.7 Å². The van der Waals surface area contributed by atoms with Crippen molar-refractivity contribution in [3.8, 4) is 11.1 Å². The normalized spacial score (nSPS) is 10.9. The molecule has 3 rings (SSSR count). The molecule has 3 aromatic rings. The van der Waals surface area contributed by atoms with Gasteiger partial charge >= 0.3 is 0 Å². The molecular weight excluding hydrogens is 416 g/mol. The Morgan fingerprint density at radius 3 is 2.62 bits per heavy atom. The first kappa shape index (κ1) is 17.3. The number of rotatable bonds is 3. The van der Waals surface area contributed by atoms with Gasteiger partial charge in [-0.05, 0) is 47.1 Å². The number of hydrogen-bond acceptors (Lipinski definition) is 2. The monoisotopic (exact) mass is 427 g/mol. The van der Waals surface area contributed by atoms with E-state index >= 15 is 0 Å². The number of hydrogen-bond donors (Lipinski definition) is 1. The van der Waals surface area contributed by atoms with Crippen molar-refractivity contribution in [2.45, 2.75) is 6.92 Å². The summed E-state index contributed by atoms with van der Waals surface area (Å²) in [5.74, 6) is 0.277. The molecule has 24 heavy (non-hydrogen) atoms. The van der Waals surface area contributed by atoms with Crippen molar-refractivity contribution in [2.75, 3.05) is 5.32 Å². The number of nitrogens with zero attached hydrogens (tertiary/aromatic N) is 2. The highest BCUT2D eigenvalue weighted by molar-refractivity contribution is 9.10. The Kier molecular flexibility index (Phi) is 4.85. The van der Waals surface area contributed by atoms with Gasteiger partial charge < -0.3 is 5.32 Å². The fourth-order valence-corrected chi connectivity index (χ4v) is 3.50. The molecule has 7 heteroatoms. The van der Waals surface area contributed by atoms with Crippen LogP contribution in [0.1, 0.15) is 5.69 Å². The molecule has 3 nitrogen and oxygen atoms in total. The Bertz CT molecular complexity index is 904. The molecule has 0 unspecified atom stereocenters. The van der Waals surface area contributed by atoms with Gasteiger partial charge in [0.15, 0.2) is 0 Å². The van der Waals surface area contributed by atoms with Crippen molar-refractivity contribution < 1.29 is 4.39 Å². The van der Waals surface area contributed by atoms with Gasteiger partial charge in [-0.25, -0.2) is 4.39 Å². The molecule has 0 aliphatic carbocycles. The lowest BCUT2D eigenvalue weighted by Gasteiger charge is -2.13. The lowest BCUT2D eigenvalue weighted by molar-refractivity contribution is 0.630. The van der Waals surface area contributed by atoms with Crippen molar-refractivity contribution >= 4 is 50.6 Å². The number of anilines is 2. The fraction of sp³-hybridized carbons (Fsp3) is 0.118. The molecule has 124 valence electrons. The summed E-state index contributed by atoms with van der Waals surface area (Å²) in [4.78, 5) is 0. The summed E-state index contributed by atoms with van der Waals surface area (Å²) in [5, 5.41) is 8.62. The molecule has 2 aromatic carbocycles. The number of para-hydroxylation sites is 1. The molecule has 1 N–H and O–H groups in total. The van der Waals surface area contributed by atoms with E-state index in [9.17, 15) is 4.39 Å². The van der Waals surface area contributed by atoms with Crippen LogP contribution in [-0.2, 0) is 7.05 Å². The van der Waals surface area contributed by atoms with Gasteiger partial charge in [0.05, 0.1) is 16.4 Å². The minimum Gasteiger partial charge on any atom is -0.337 e. The van der Waals surface area contributed by atoms with Gasteiger partial charge in [-0.1, -0.05) is 35.3 Å². The van der Waals surface area contributed by atoms with Crippen LogP contribution in [0.5, 0.6) is 0 Å². The number of aryl methyl sites for hydroxylation is 2. The number of halogens is 4. The Morgan fingerprint density at radius 2 is 1.96 bits per heavy atom. The summed E-state index contributed by atoms with van der Waals surface area (Å²) < 4.78 is 16.5. The third-order valence-electron chi connectivity index (χ3n) is 3.63. The van der Waals surface area contributed by atoms with Crippen molar-refractivity contribution in [1.82, 2.24) is 9.78 Å². The first-order valence-corrected chi connectivity index (χ1v) is 8.63. The largest absolute Gasteiger partial charge is 0.337 e. The molecule has 0 aliphatic heterocycles.